The number of carbonyl (C=O) groups excluding carboxylic acids is 1. The van der Waals surface area contributed by atoms with Gasteiger partial charge in [0.2, 0.25) is 0 Å². The van der Waals surface area contributed by atoms with Crippen LogP contribution in [0.1, 0.15) is 43.1 Å². The summed E-state index contributed by atoms with van der Waals surface area (Å²) >= 11 is 0. The SMILES string of the molecule is CC(C)CC(C)OC(=O)c1cccc(CS(C)(=O)=O)c1. The van der Waals surface area contributed by atoms with E-state index >= 15 is 0 Å². The quantitative estimate of drug-likeness (QED) is 0.758. The maximum atomic E-state index is 12.0. The van der Waals surface area contributed by atoms with E-state index in [0.717, 1.165) is 6.42 Å². The summed E-state index contributed by atoms with van der Waals surface area (Å²) < 4.78 is 27.9. The number of ether oxygens (including phenoxy) is 1. The first-order valence-corrected chi connectivity index (χ1v) is 8.71. The second-order valence-electron chi connectivity index (χ2n) is 5.62. The predicted octanol–water partition coefficient (Wildman–Crippen LogP) is 2.82. The van der Waals surface area contributed by atoms with Gasteiger partial charge in [0, 0.05) is 6.26 Å². The van der Waals surface area contributed by atoms with E-state index in [1.807, 2.05) is 6.92 Å². The topological polar surface area (TPSA) is 60.4 Å². The summed E-state index contributed by atoms with van der Waals surface area (Å²) in [5, 5.41) is 0. The third-order valence-electron chi connectivity index (χ3n) is 2.70. The second kappa shape index (κ2) is 6.88. The van der Waals surface area contributed by atoms with Crippen molar-refractivity contribution in [1.29, 1.82) is 0 Å². The Morgan fingerprint density at radius 3 is 2.45 bits per heavy atom. The van der Waals surface area contributed by atoms with Gasteiger partial charge in [0.05, 0.1) is 17.4 Å². The number of carbonyl (C=O) groups is 1. The molecule has 0 saturated carbocycles. The molecule has 0 heterocycles. The van der Waals surface area contributed by atoms with Crippen LogP contribution in [0.25, 0.3) is 0 Å². The molecule has 1 atom stereocenters. The van der Waals surface area contributed by atoms with Gasteiger partial charge in [0.1, 0.15) is 0 Å². The lowest BCUT2D eigenvalue weighted by Gasteiger charge is -2.15. The van der Waals surface area contributed by atoms with Gasteiger partial charge in [-0.1, -0.05) is 26.0 Å². The molecule has 5 heteroatoms. The molecule has 0 bridgehead atoms. The van der Waals surface area contributed by atoms with Gasteiger partial charge < -0.3 is 4.74 Å². The summed E-state index contributed by atoms with van der Waals surface area (Å²) in [6.07, 6.45) is 1.82. The molecular weight excluding hydrogens is 276 g/mol. The molecule has 1 aromatic carbocycles. The Bertz CT molecular complexity index is 561. The molecule has 0 saturated heterocycles. The van der Waals surface area contributed by atoms with Crippen molar-refractivity contribution < 1.29 is 17.9 Å². The van der Waals surface area contributed by atoms with Crippen molar-refractivity contribution in [3.05, 3.63) is 35.4 Å². The first-order chi connectivity index (χ1) is 9.17. The highest BCUT2D eigenvalue weighted by Gasteiger charge is 2.14. The molecule has 1 rings (SSSR count). The summed E-state index contributed by atoms with van der Waals surface area (Å²) in [5.74, 6) is -0.0294. The number of benzene rings is 1. The van der Waals surface area contributed by atoms with E-state index in [1.165, 1.54) is 6.26 Å². The van der Waals surface area contributed by atoms with E-state index in [1.54, 1.807) is 24.3 Å². The van der Waals surface area contributed by atoms with Crippen molar-refractivity contribution in [2.24, 2.45) is 5.92 Å². The highest BCUT2D eigenvalue weighted by atomic mass is 32.2. The van der Waals surface area contributed by atoms with Crippen LogP contribution in [0.4, 0.5) is 0 Å². The highest BCUT2D eigenvalue weighted by Crippen LogP contribution is 2.13. The summed E-state index contributed by atoms with van der Waals surface area (Å²) in [7, 11) is -3.11. The summed E-state index contributed by atoms with van der Waals surface area (Å²) in [4.78, 5) is 12.0. The zero-order valence-corrected chi connectivity index (χ0v) is 13.2. The Kier molecular flexibility index (Phi) is 5.74. The summed E-state index contributed by atoms with van der Waals surface area (Å²) in [6, 6.07) is 6.57. The average molecular weight is 298 g/mol. The van der Waals surface area contributed by atoms with E-state index in [2.05, 4.69) is 13.8 Å². The van der Waals surface area contributed by atoms with Crippen LogP contribution in [0, 0.1) is 5.92 Å². The fraction of sp³-hybridized carbons (Fsp3) is 0.533. The Balaban J connectivity index is 2.76. The van der Waals surface area contributed by atoms with Crippen molar-refractivity contribution in [3.8, 4) is 0 Å². The second-order valence-corrected chi connectivity index (χ2v) is 7.76. The zero-order valence-electron chi connectivity index (χ0n) is 12.4. The molecule has 1 aromatic rings. The molecular formula is C15H22O4S. The summed E-state index contributed by atoms with van der Waals surface area (Å²) in [5.41, 5.74) is 0.986. The maximum Gasteiger partial charge on any atom is 0.338 e. The van der Waals surface area contributed by atoms with E-state index < -0.39 is 15.8 Å². The first kappa shape index (κ1) is 16.7. The fourth-order valence-electron chi connectivity index (χ4n) is 2.05. The normalized spacial score (nSPS) is 13.2. The standard InChI is InChI=1S/C15H22O4S/c1-11(2)8-12(3)19-15(16)14-7-5-6-13(9-14)10-20(4,17)18/h5-7,9,11-12H,8,10H2,1-4H3. The van der Waals surface area contributed by atoms with Crippen molar-refractivity contribution in [2.45, 2.75) is 39.0 Å². The summed E-state index contributed by atoms with van der Waals surface area (Å²) in [6.45, 7) is 5.99. The van der Waals surface area contributed by atoms with Gasteiger partial charge in [-0.2, -0.15) is 0 Å². The first-order valence-electron chi connectivity index (χ1n) is 6.65. The lowest BCUT2D eigenvalue weighted by atomic mass is 10.1. The molecule has 0 N–H and O–H groups in total. The average Bonchev–Trinajstić information content (AvgIpc) is 2.25. The number of sulfone groups is 1. The smallest absolute Gasteiger partial charge is 0.338 e. The molecule has 112 valence electrons. The predicted molar refractivity (Wildman–Crippen MR) is 79.3 cm³/mol. The van der Waals surface area contributed by atoms with Gasteiger partial charge in [-0.25, -0.2) is 13.2 Å². The Hall–Kier alpha value is -1.36. The Morgan fingerprint density at radius 2 is 1.90 bits per heavy atom. The van der Waals surface area contributed by atoms with Crippen molar-refractivity contribution in [1.82, 2.24) is 0 Å². The minimum atomic E-state index is -3.11. The monoisotopic (exact) mass is 298 g/mol. The van der Waals surface area contributed by atoms with Crippen LogP contribution < -0.4 is 0 Å². The zero-order chi connectivity index (χ0) is 15.3. The van der Waals surface area contributed by atoms with Crippen LogP contribution in [-0.2, 0) is 20.3 Å². The fourth-order valence-corrected chi connectivity index (χ4v) is 2.84. The molecule has 0 radical (unpaired) electrons. The molecule has 0 fully saturated rings. The third kappa shape index (κ3) is 6.19. The molecule has 20 heavy (non-hydrogen) atoms. The largest absolute Gasteiger partial charge is 0.459 e. The third-order valence-corrected chi connectivity index (χ3v) is 3.56. The van der Waals surface area contributed by atoms with Gasteiger partial charge >= 0.3 is 5.97 Å². The van der Waals surface area contributed by atoms with Crippen molar-refractivity contribution in [2.75, 3.05) is 6.26 Å². The minimum Gasteiger partial charge on any atom is -0.459 e. The van der Waals surface area contributed by atoms with E-state index in [-0.39, 0.29) is 11.9 Å². The highest BCUT2D eigenvalue weighted by molar-refractivity contribution is 7.89. The van der Waals surface area contributed by atoms with Crippen LogP contribution in [-0.4, -0.2) is 26.7 Å². The Labute approximate surface area is 121 Å². The molecule has 1 unspecified atom stereocenters. The van der Waals surface area contributed by atoms with Gasteiger partial charge in [0.25, 0.3) is 0 Å². The number of esters is 1. The van der Waals surface area contributed by atoms with Crippen LogP contribution in [0.15, 0.2) is 24.3 Å². The number of hydrogen-bond donors (Lipinski definition) is 0. The number of hydrogen-bond acceptors (Lipinski definition) is 4. The molecule has 0 aliphatic carbocycles. The maximum absolute atomic E-state index is 12.0. The van der Waals surface area contributed by atoms with E-state index in [9.17, 15) is 13.2 Å². The van der Waals surface area contributed by atoms with Crippen LogP contribution in [0.2, 0.25) is 0 Å². The van der Waals surface area contributed by atoms with Gasteiger partial charge in [-0.15, -0.1) is 0 Å². The van der Waals surface area contributed by atoms with Gasteiger partial charge in [-0.05, 0) is 37.0 Å². The molecule has 0 aliphatic heterocycles. The van der Waals surface area contributed by atoms with Gasteiger partial charge in [-0.3, -0.25) is 0 Å². The lowest BCUT2D eigenvalue weighted by Crippen LogP contribution is -2.17. The Morgan fingerprint density at radius 1 is 1.25 bits per heavy atom. The van der Waals surface area contributed by atoms with Crippen molar-refractivity contribution in [3.63, 3.8) is 0 Å². The van der Waals surface area contributed by atoms with E-state index in [0.29, 0.717) is 17.0 Å². The molecule has 4 nitrogen and oxygen atoms in total. The van der Waals surface area contributed by atoms with Gasteiger partial charge in [0.15, 0.2) is 9.84 Å². The molecule has 0 spiro atoms. The minimum absolute atomic E-state index is 0.0737. The molecule has 0 amide bonds. The lowest BCUT2D eigenvalue weighted by molar-refractivity contribution is 0.0299. The van der Waals surface area contributed by atoms with Crippen LogP contribution >= 0.6 is 0 Å². The van der Waals surface area contributed by atoms with Crippen LogP contribution in [0.3, 0.4) is 0 Å². The van der Waals surface area contributed by atoms with Crippen LogP contribution in [0.5, 0.6) is 0 Å². The number of rotatable bonds is 6. The molecule has 0 aromatic heterocycles. The molecule has 0 aliphatic rings. The van der Waals surface area contributed by atoms with E-state index in [4.69, 9.17) is 4.74 Å². The van der Waals surface area contributed by atoms with Crippen molar-refractivity contribution >= 4 is 15.8 Å².